The molecule has 0 aromatic heterocycles. The van der Waals surface area contributed by atoms with Crippen molar-refractivity contribution in [3.63, 3.8) is 0 Å². The molecular formula is C11H13IN2O6S. The molecule has 5 N–H and O–H groups in total. The number of anilines is 1. The number of rotatable bonds is 6. The normalized spacial score (nSPS) is 12.7. The molecule has 116 valence electrons. The minimum atomic E-state index is -4.31. The molecule has 0 aliphatic rings. The molecule has 0 bridgehead atoms. The molecule has 1 atom stereocenters. The summed E-state index contributed by atoms with van der Waals surface area (Å²) < 4.78 is 31.2. The van der Waals surface area contributed by atoms with Gasteiger partial charge in [0.1, 0.15) is 10.9 Å². The Balaban J connectivity index is 2.70. The Kier molecular flexibility index (Phi) is 6.07. The highest BCUT2D eigenvalue weighted by atomic mass is 127. The lowest BCUT2D eigenvalue weighted by Crippen LogP contribution is -2.31. The van der Waals surface area contributed by atoms with Crippen LogP contribution in [0.3, 0.4) is 0 Å². The summed E-state index contributed by atoms with van der Waals surface area (Å²) in [5.41, 5.74) is 5.61. The zero-order valence-electron chi connectivity index (χ0n) is 10.6. The third-order valence-electron chi connectivity index (χ3n) is 2.49. The summed E-state index contributed by atoms with van der Waals surface area (Å²) in [5, 5.41) is 11.1. The number of nitrogens with one attached hydrogen (secondary N) is 1. The number of benzene rings is 1. The van der Waals surface area contributed by atoms with Gasteiger partial charge in [-0.05, 0) is 47.2 Å². The molecule has 21 heavy (non-hydrogen) atoms. The van der Waals surface area contributed by atoms with Crippen LogP contribution in [0.1, 0.15) is 12.8 Å². The maximum atomic E-state index is 11.6. The van der Waals surface area contributed by atoms with Crippen LogP contribution in [0.4, 0.5) is 5.69 Å². The van der Waals surface area contributed by atoms with Gasteiger partial charge >= 0.3 is 5.97 Å². The van der Waals surface area contributed by atoms with Gasteiger partial charge in [-0.2, -0.15) is 8.42 Å². The Morgan fingerprint density at radius 2 is 2.00 bits per heavy atom. The van der Waals surface area contributed by atoms with Crippen LogP contribution in [0.5, 0.6) is 0 Å². The summed E-state index contributed by atoms with van der Waals surface area (Å²) in [7, 11) is -4.31. The number of hydrogen-bond donors (Lipinski definition) is 4. The lowest BCUT2D eigenvalue weighted by molar-refractivity contribution is -0.138. The molecule has 0 aliphatic heterocycles. The number of carbonyl (C=O) groups excluding carboxylic acids is 1. The van der Waals surface area contributed by atoms with Crippen molar-refractivity contribution in [2.75, 3.05) is 5.32 Å². The zero-order chi connectivity index (χ0) is 16.2. The second-order valence-electron chi connectivity index (χ2n) is 4.15. The molecule has 1 aromatic rings. The Bertz CT molecular complexity index is 661. The van der Waals surface area contributed by atoms with Crippen molar-refractivity contribution in [1.29, 1.82) is 0 Å². The van der Waals surface area contributed by atoms with Gasteiger partial charge in [-0.3, -0.25) is 14.1 Å². The summed E-state index contributed by atoms with van der Waals surface area (Å²) in [4.78, 5) is 21.9. The van der Waals surface area contributed by atoms with Crippen molar-refractivity contribution in [1.82, 2.24) is 0 Å². The van der Waals surface area contributed by atoms with Gasteiger partial charge in [0.2, 0.25) is 5.91 Å². The topological polar surface area (TPSA) is 147 Å². The number of carbonyl (C=O) groups is 2. The third-order valence-corrected chi connectivity index (χ3v) is 4.66. The summed E-state index contributed by atoms with van der Waals surface area (Å²) in [6.07, 6.45) is -0.0918. The summed E-state index contributed by atoms with van der Waals surface area (Å²) >= 11 is 1.71. The Labute approximate surface area is 134 Å². The standard InChI is InChI=1S/C11H13IN2O6S/c12-7-5-6(1-3-9(7)21(18,19)20)14-10(15)4-2-8(13)11(16)17/h1,3,5,8H,2,4,13H2,(H,14,15)(H,16,17)(H,18,19,20). The van der Waals surface area contributed by atoms with Gasteiger partial charge in [-0.25, -0.2) is 0 Å². The maximum absolute atomic E-state index is 11.6. The summed E-state index contributed by atoms with van der Waals surface area (Å²) in [6.45, 7) is 0. The van der Waals surface area contributed by atoms with Crippen LogP contribution >= 0.6 is 22.6 Å². The van der Waals surface area contributed by atoms with Crippen molar-refractivity contribution >= 4 is 50.3 Å². The highest BCUT2D eigenvalue weighted by molar-refractivity contribution is 14.1. The molecule has 0 fully saturated rings. The summed E-state index contributed by atoms with van der Waals surface area (Å²) in [6, 6.07) is 2.74. The molecule has 1 unspecified atom stereocenters. The first-order valence-corrected chi connectivity index (χ1v) is 8.18. The number of halogens is 1. The van der Waals surface area contributed by atoms with E-state index in [2.05, 4.69) is 5.32 Å². The zero-order valence-corrected chi connectivity index (χ0v) is 13.6. The minimum absolute atomic E-state index is 0.0125. The Hall–Kier alpha value is -1.24. The monoisotopic (exact) mass is 428 g/mol. The summed E-state index contributed by atoms with van der Waals surface area (Å²) in [5.74, 6) is -1.63. The van der Waals surface area contributed by atoms with E-state index in [4.69, 9.17) is 15.4 Å². The third kappa shape index (κ3) is 5.57. The van der Waals surface area contributed by atoms with Gasteiger partial charge in [0.25, 0.3) is 10.1 Å². The maximum Gasteiger partial charge on any atom is 0.320 e. The van der Waals surface area contributed by atoms with Crippen LogP contribution in [0.25, 0.3) is 0 Å². The van der Waals surface area contributed by atoms with E-state index in [-0.39, 0.29) is 21.3 Å². The first-order valence-electron chi connectivity index (χ1n) is 5.66. The number of carboxylic acid groups (broad SMARTS) is 1. The minimum Gasteiger partial charge on any atom is -0.480 e. The molecule has 0 saturated carbocycles. The van der Waals surface area contributed by atoms with E-state index >= 15 is 0 Å². The average Bonchev–Trinajstić information content (AvgIpc) is 2.34. The molecule has 0 spiro atoms. The first-order chi connectivity index (χ1) is 9.61. The van der Waals surface area contributed by atoms with E-state index < -0.39 is 28.0 Å². The van der Waals surface area contributed by atoms with Gasteiger partial charge in [-0.1, -0.05) is 0 Å². The van der Waals surface area contributed by atoms with Crippen molar-refractivity contribution < 1.29 is 27.7 Å². The van der Waals surface area contributed by atoms with Gasteiger partial charge < -0.3 is 16.2 Å². The van der Waals surface area contributed by atoms with E-state index in [1.165, 1.54) is 12.1 Å². The molecule has 0 aliphatic carbocycles. The fraction of sp³-hybridized carbons (Fsp3) is 0.273. The fourth-order valence-corrected chi connectivity index (χ4v) is 3.32. The molecule has 0 radical (unpaired) electrons. The SMILES string of the molecule is NC(CCC(=O)Nc1ccc(S(=O)(=O)O)c(I)c1)C(=O)O. The van der Waals surface area contributed by atoms with Crippen LogP contribution in [0, 0.1) is 3.57 Å². The van der Waals surface area contributed by atoms with Crippen LogP contribution in [-0.2, 0) is 19.7 Å². The van der Waals surface area contributed by atoms with Crippen LogP contribution in [-0.4, -0.2) is 36.0 Å². The fourth-order valence-electron chi connectivity index (χ4n) is 1.42. The number of amides is 1. The molecule has 1 aromatic carbocycles. The predicted octanol–water partition coefficient (Wildman–Crippen LogP) is 0.668. The molecule has 0 saturated heterocycles. The van der Waals surface area contributed by atoms with Gasteiger partial charge in [0, 0.05) is 15.7 Å². The van der Waals surface area contributed by atoms with Crippen molar-refractivity contribution in [3.8, 4) is 0 Å². The van der Waals surface area contributed by atoms with E-state index in [1.54, 1.807) is 22.6 Å². The van der Waals surface area contributed by atoms with Crippen molar-refractivity contribution in [3.05, 3.63) is 21.8 Å². The van der Waals surface area contributed by atoms with Gasteiger partial charge in [0.15, 0.2) is 0 Å². The number of carboxylic acids is 1. The number of nitrogens with two attached hydrogens (primary N) is 1. The number of hydrogen-bond acceptors (Lipinski definition) is 5. The second kappa shape index (κ2) is 7.15. The average molecular weight is 428 g/mol. The van der Waals surface area contributed by atoms with E-state index in [9.17, 15) is 18.0 Å². The van der Waals surface area contributed by atoms with Crippen LogP contribution in [0.2, 0.25) is 0 Å². The quantitative estimate of drug-likeness (QED) is 0.385. The van der Waals surface area contributed by atoms with Crippen molar-refractivity contribution in [2.45, 2.75) is 23.8 Å². The predicted molar refractivity (Wildman–Crippen MR) is 82.4 cm³/mol. The Morgan fingerprint density at radius 1 is 1.38 bits per heavy atom. The van der Waals surface area contributed by atoms with E-state index in [0.29, 0.717) is 5.69 Å². The highest BCUT2D eigenvalue weighted by Crippen LogP contribution is 2.22. The molecular weight excluding hydrogens is 415 g/mol. The first kappa shape index (κ1) is 17.8. The lowest BCUT2D eigenvalue weighted by atomic mass is 10.1. The molecule has 0 heterocycles. The van der Waals surface area contributed by atoms with E-state index in [0.717, 1.165) is 6.07 Å². The smallest absolute Gasteiger partial charge is 0.320 e. The molecule has 1 amide bonds. The number of aliphatic carboxylic acids is 1. The Morgan fingerprint density at radius 3 is 2.48 bits per heavy atom. The molecule has 1 rings (SSSR count). The molecule has 8 nitrogen and oxygen atoms in total. The lowest BCUT2D eigenvalue weighted by Gasteiger charge is -2.09. The van der Waals surface area contributed by atoms with E-state index in [1.807, 2.05) is 0 Å². The van der Waals surface area contributed by atoms with Crippen LogP contribution < -0.4 is 11.1 Å². The van der Waals surface area contributed by atoms with Crippen molar-refractivity contribution in [2.24, 2.45) is 5.73 Å². The van der Waals surface area contributed by atoms with Crippen LogP contribution in [0.15, 0.2) is 23.1 Å². The second-order valence-corrected chi connectivity index (χ2v) is 6.70. The largest absolute Gasteiger partial charge is 0.480 e. The van der Waals surface area contributed by atoms with Gasteiger partial charge in [0.05, 0.1) is 0 Å². The van der Waals surface area contributed by atoms with Gasteiger partial charge in [-0.15, -0.1) is 0 Å². The highest BCUT2D eigenvalue weighted by Gasteiger charge is 2.16. The molecule has 10 heteroatoms.